The van der Waals surface area contributed by atoms with Gasteiger partial charge in [0.25, 0.3) is 5.91 Å². The van der Waals surface area contributed by atoms with Crippen LogP contribution in [0.1, 0.15) is 39.0 Å². The molecule has 0 aliphatic rings. The fourth-order valence-corrected chi connectivity index (χ4v) is 4.47. The molecule has 0 bridgehead atoms. The van der Waals surface area contributed by atoms with Gasteiger partial charge in [-0.1, -0.05) is 35.6 Å². The van der Waals surface area contributed by atoms with Crippen LogP contribution in [0, 0.1) is 11.8 Å². The molecule has 2 atom stereocenters. The lowest BCUT2D eigenvalue weighted by molar-refractivity contribution is -0.139. The molecule has 5 rings (SSSR count). The summed E-state index contributed by atoms with van der Waals surface area (Å²) in [6.45, 7) is 0. The predicted octanol–water partition coefficient (Wildman–Crippen LogP) is 2.95. The van der Waals surface area contributed by atoms with E-state index in [1.807, 2.05) is 24.3 Å². The molecular formula is C30H24ClN7O4. The van der Waals surface area contributed by atoms with Crippen LogP contribution in [0.3, 0.4) is 0 Å². The van der Waals surface area contributed by atoms with Gasteiger partial charge in [0.15, 0.2) is 0 Å². The summed E-state index contributed by atoms with van der Waals surface area (Å²) in [6.07, 6.45) is 5.16. The van der Waals surface area contributed by atoms with Gasteiger partial charge in [0, 0.05) is 63.9 Å². The topological polar surface area (TPSA) is 179 Å². The number of aromatic nitrogens is 4. The van der Waals surface area contributed by atoms with Crippen LogP contribution in [0.4, 0.5) is 0 Å². The number of aromatic amines is 1. The number of aliphatic hydroxyl groups is 1. The molecule has 1 amide bonds. The number of aliphatic hydroxyl groups excluding tert-OH is 1. The maximum absolute atomic E-state index is 12.7. The van der Waals surface area contributed by atoms with Crippen LogP contribution >= 0.6 is 11.6 Å². The highest BCUT2D eigenvalue weighted by Crippen LogP contribution is 2.27. The monoisotopic (exact) mass is 581 g/mol. The molecule has 3 heterocycles. The molecule has 0 aliphatic carbocycles. The summed E-state index contributed by atoms with van der Waals surface area (Å²) in [5, 5.41) is 23.3. The van der Waals surface area contributed by atoms with E-state index >= 15 is 0 Å². The Bertz CT molecular complexity index is 1820. The summed E-state index contributed by atoms with van der Waals surface area (Å²) in [5.74, 6) is 9.77. The van der Waals surface area contributed by atoms with Crippen molar-refractivity contribution in [3.05, 3.63) is 112 Å². The SMILES string of the molecule is NNC(O)c1cc(-c2ccc(C#Cc3ccc(C(=O)NC(Cc4cnc[nH]4)C(=O)O)cc3Cl)cc2)nc2ccncc12. The summed E-state index contributed by atoms with van der Waals surface area (Å²) in [5.41, 5.74) is 7.03. The number of nitrogens with zero attached hydrogens (tertiary/aromatic N) is 3. The molecule has 0 aliphatic heterocycles. The molecule has 5 aromatic rings. The minimum Gasteiger partial charge on any atom is -0.480 e. The number of carboxylic acids is 1. The first-order chi connectivity index (χ1) is 20.3. The van der Waals surface area contributed by atoms with E-state index in [0.29, 0.717) is 39.0 Å². The Labute approximate surface area is 244 Å². The predicted molar refractivity (Wildman–Crippen MR) is 156 cm³/mol. The van der Waals surface area contributed by atoms with E-state index in [0.717, 1.165) is 5.56 Å². The molecule has 0 fully saturated rings. The first-order valence-corrected chi connectivity index (χ1v) is 13.0. The first-order valence-electron chi connectivity index (χ1n) is 12.6. The summed E-state index contributed by atoms with van der Waals surface area (Å²) in [4.78, 5) is 39.8. The lowest BCUT2D eigenvalue weighted by Crippen LogP contribution is -2.42. The lowest BCUT2D eigenvalue weighted by atomic mass is 10.0. The molecule has 0 radical (unpaired) electrons. The summed E-state index contributed by atoms with van der Waals surface area (Å²) < 4.78 is 0. The average molecular weight is 582 g/mol. The van der Waals surface area contributed by atoms with Crippen molar-refractivity contribution in [2.24, 2.45) is 5.84 Å². The number of nitrogens with one attached hydrogen (secondary N) is 3. The van der Waals surface area contributed by atoms with E-state index in [2.05, 4.69) is 42.5 Å². The van der Waals surface area contributed by atoms with E-state index in [1.165, 1.54) is 24.7 Å². The smallest absolute Gasteiger partial charge is 0.326 e. The van der Waals surface area contributed by atoms with Gasteiger partial charge >= 0.3 is 5.97 Å². The van der Waals surface area contributed by atoms with Crippen molar-refractivity contribution in [3.8, 4) is 23.1 Å². The van der Waals surface area contributed by atoms with Gasteiger partial charge in [0.05, 0.1) is 22.6 Å². The normalized spacial score (nSPS) is 12.3. The van der Waals surface area contributed by atoms with Gasteiger partial charge in [0.2, 0.25) is 0 Å². The van der Waals surface area contributed by atoms with Crippen LogP contribution in [0.25, 0.3) is 22.2 Å². The van der Waals surface area contributed by atoms with Crippen molar-refractivity contribution >= 4 is 34.4 Å². The molecule has 7 N–H and O–H groups in total. The number of imidazole rings is 1. The van der Waals surface area contributed by atoms with Crippen LogP contribution in [0.15, 0.2) is 79.5 Å². The van der Waals surface area contributed by atoms with Crippen LogP contribution in [-0.2, 0) is 11.2 Å². The molecule has 0 spiro atoms. The molecule has 2 unspecified atom stereocenters. The van der Waals surface area contributed by atoms with Crippen molar-refractivity contribution in [2.45, 2.75) is 18.7 Å². The Morgan fingerprint density at radius 1 is 1.05 bits per heavy atom. The molecule has 12 heteroatoms. The van der Waals surface area contributed by atoms with Gasteiger partial charge in [-0.25, -0.2) is 20.2 Å². The molecule has 2 aromatic carbocycles. The van der Waals surface area contributed by atoms with Crippen molar-refractivity contribution in [1.29, 1.82) is 0 Å². The number of nitrogens with two attached hydrogens (primary N) is 1. The number of carbonyl (C=O) groups excluding carboxylic acids is 1. The zero-order valence-corrected chi connectivity index (χ0v) is 22.6. The van der Waals surface area contributed by atoms with Crippen molar-refractivity contribution in [2.75, 3.05) is 0 Å². The second-order valence-electron chi connectivity index (χ2n) is 9.23. The van der Waals surface area contributed by atoms with Crippen molar-refractivity contribution in [3.63, 3.8) is 0 Å². The summed E-state index contributed by atoms with van der Waals surface area (Å²) >= 11 is 6.40. The number of fused-ring (bicyclic) bond motifs is 1. The highest BCUT2D eigenvalue weighted by Gasteiger charge is 2.22. The van der Waals surface area contributed by atoms with E-state index < -0.39 is 24.1 Å². The minimum absolute atomic E-state index is 0.0551. The highest BCUT2D eigenvalue weighted by molar-refractivity contribution is 6.32. The second kappa shape index (κ2) is 12.6. The molecule has 0 saturated heterocycles. The molecule has 42 heavy (non-hydrogen) atoms. The number of carboxylic acid groups (broad SMARTS) is 1. The number of carbonyl (C=O) groups is 2. The second-order valence-corrected chi connectivity index (χ2v) is 9.63. The number of H-pyrrole nitrogens is 1. The fraction of sp³-hybridized carbons (Fsp3) is 0.100. The van der Waals surface area contributed by atoms with E-state index in [9.17, 15) is 19.8 Å². The first kappa shape index (κ1) is 28.4. The molecule has 3 aromatic heterocycles. The maximum atomic E-state index is 12.7. The van der Waals surface area contributed by atoms with E-state index in [4.69, 9.17) is 17.4 Å². The number of pyridine rings is 2. The van der Waals surface area contributed by atoms with Crippen LogP contribution in [0.2, 0.25) is 5.02 Å². The Kier molecular flexibility index (Phi) is 8.52. The Morgan fingerprint density at radius 3 is 2.55 bits per heavy atom. The number of rotatable bonds is 8. The number of aliphatic carboxylic acids is 1. The Balaban J connectivity index is 1.31. The number of hydrazine groups is 1. The van der Waals surface area contributed by atoms with E-state index in [1.54, 1.807) is 30.6 Å². The highest BCUT2D eigenvalue weighted by atomic mass is 35.5. The van der Waals surface area contributed by atoms with Crippen LogP contribution in [0.5, 0.6) is 0 Å². The standard InChI is InChI=1S/C30H24ClN7O4/c31-24-11-20(28(39)37-27(30(41)42)12-21-14-34-16-35-21)8-7-18(24)4-1-17-2-5-19(6-3-17)26-13-22(29(40)38-32)23-15-33-10-9-25(23)36-26/h2-3,5-11,13-16,27,29,38,40H,12,32H2,(H,34,35)(H,37,39)(H,41,42). The fourth-order valence-electron chi connectivity index (χ4n) is 4.24. The van der Waals surface area contributed by atoms with Gasteiger partial charge in [-0.15, -0.1) is 0 Å². The van der Waals surface area contributed by atoms with E-state index in [-0.39, 0.29) is 17.0 Å². The third kappa shape index (κ3) is 6.43. The number of benzene rings is 2. The third-order valence-electron chi connectivity index (χ3n) is 6.43. The number of amides is 1. The van der Waals surface area contributed by atoms with Gasteiger partial charge < -0.3 is 20.5 Å². The van der Waals surface area contributed by atoms with Crippen LogP contribution < -0.4 is 16.6 Å². The molecule has 0 saturated carbocycles. The third-order valence-corrected chi connectivity index (χ3v) is 6.74. The molecule has 11 nitrogen and oxygen atoms in total. The molecule has 210 valence electrons. The van der Waals surface area contributed by atoms with Gasteiger partial charge in [-0.2, -0.15) is 0 Å². The minimum atomic E-state index is -1.17. The number of halogens is 1. The molecular weight excluding hydrogens is 558 g/mol. The summed E-state index contributed by atoms with van der Waals surface area (Å²) in [7, 11) is 0. The Morgan fingerprint density at radius 2 is 1.86 bits per heavy atom. The zero-order valence-electron chi connectivity index (χ0n) is 21.9. The largest absolute Gasteiger partial charge is 0.480 e. The van der Waals surface area contributed by atoms with Gasteiger partial charge in [-0.05, 0) is 42.5 Å². The lowest BCUT2D eigenvalue weighted by Gasteiger charge is -2.14. The number of hydrogen-bond acceptors (Lipinski definition) is 8. The van der Waals surface area contributed by atoms with Crippen molar-refractivity contribution < 1.29 is 19.8 Å². The average Bonchev–Trinajstić information content (AvgIpc) is 3.52. The zero-order chi connectivity index (χ0) is 29.6. The quantitative estimate of drug-likeness (QED) is 0.0695. The number of hydrogen-bond donors (Lipinski definition) is 6. The maximum Gasteiger partial charge on any atom is 0.326 e. The van der Waals surface area contributed by atoms with Crippen LogP contribution in [-0.4, -0.2) is 48.1 Å². The van der Waals surface area contributed by atoms with Crippen molar-refractivity contribution in [1.82, 2.24) is 30.7 Å². The summed E-state index contributed by atoms with van der Waals surface area (Å²) in [6, 6.07) is 14.3. The van der Waals surface area contributed by atoms with Gasteiger partial charge in [0.1, 0.15) is 12.3 Å². The Hall–Kier alpha value is -5.12. The van der Waals surface area contributed by atoms with Gasteiger partial charge in [-0.3, -0.25) is 15.6 Å².